The first-order valence-electron chi connectivity index (χ1n) is 7.14. The van der Waals surface area contributed by atoms with Gasteiger partial charge in [-0.3, -0.25) is 4.79 Å². The first-order valence-corrected chi connectivity index (χ1v) is 7.14. The Hall–Kier alpha value is -1.59. The Labute approximate surface area is 119 Å². The molecule has 1 heterocycles. The molecule has 0 saturated heterocycles. The average Bonchev–Trinajstić information content (AvgIpc) is 2.50. The predicted molar refractivity (Wildman–Crippen MR) is 78.5 cm³/mol. The third-order valence-corrected chi connectivity index (χ3v) is 3.37. The third-order valence-electron chi connectivity index (χ3n) is 3.37. The van der Waals surface area contributed by atoms with Crippen LogP contribution in [0.3, 0.4) is 0 Å². The van der Waals surface area contributed by atoms with E-state index in [9.17, 15) is 4.79 Å². The standard InChI is InChI=1S/C15H22N2O3/c1-2-12-9-17-13-8-11(4-5-15(13)20-12)14(19)10-16-6-3-7-18/h4-5,8,12,16-18H,2-3,6-7,9-10H2,1H3. The lowest BCUT2D eigenvalue weighted by Gasteiger charge is -2.26. The van der Waals surface area contributed by atoms with Crippen molar-refractivity contribution in [2.45, 2.75) is 25.9 Å². The number of carbonyl (C=O) groups is 1. The molecule has 1 aromatic rings. The Morgan fingerprint density at radius 3 is 3.15 bits per heavy atom. The smallest absolute Gasteiger partial charge is 0.176 e. The molecule has 1 aliphatic heterocycles. The number of nitrogens with one attached hydrogen (secondary N) is 2. The van der Waals surface area contributed by atoms with Gasteiger partial charge in [0.15, 0.2) is 5.78 Å². The van der Waals surface area contributed by atoms with E-state index >= 15 is 0 Å². The maximum Gasteiger partial charge on any atom is 0.176 e. The van der Waals surface area contributed by atoms with Gasteiger partial charge in [-0.15, -0.1) is 0 Å². The number of anilines is 1. The van der Waals surface area contributed by atoms with E-state index in [1.807, 2.05) is 12.1 Å². The molecule has 5 heteroatoms. The molecule has 1 unspecified atom stereocenters. The molecule has 0 aromatic heterocycles. The van der Waals surface area contributed by atoms with E-state index in [1.54, 1.807) is 6.07 Å². The van der Waals surface area contributed by atoms with Crippen LogP contribution in [0.25, 0.3) is 0 Å². The van der Waals surface area contributed by atoms with Crippen molar-refractivity contribution >= 4 is 11.5 Å². The summed E-state index contributed by atoms with van der Waals surface area (Å²) < 4.78 is 5.81. The Kier molecular flexibility index (Phi) is 5.38. The lowest BCUT2D eigenvalue weighted by Crippen LogP contribution is -2.30. The Balaban J connectivity index is 1.95. The summed E-state index contributed by atoms with van der Waals surface area (Å²) in [5.41, 5.74) is 1.56. The highest BCUT2D eigenvalue weighted by Crippen LogP contribution is 2.30. The number of fused-ring (bicyclic) bond motifs is 1. The van der Waals surface area contributed by atoms with Crippen LogP contribution < -0.4 is 15.4 Å². The fourth-order valence-corrected chi connectivity index (χ4v) is 2.13. The van der Waals surface area contributed by atoms with Gasteiger partial charge in [-0.25, -0.2) is 0 Å². The summed E-state index contributed by atoms with van der Waals surface area (Å²) in [4.78, 5) is 12.0. The summed E-state index contributed by atoms with van der Waals surface area (Å²) in [6, 6.07) is 5.50. The van der Waals surface area contributed by atoms with Gasteiger partial charge >= 0.3 is 0 Å². The van der Waals surface area contributed by atoms with Gasteiger partial charge in [0.25, 0.3) is 0 Å². The molecule has 1 aliphatic rings. The summed E-state index contributed by atoms with van der Waals surface area (Å²) >= 11 is 0. The maximum atomic E-state index is 12.0. The van der Waals surface area contributed by atoms with E-state index < -0.39 is 0 Å². The zero-order chi connectivity index (χ0) is 14.4. The summed E-state index contributed by atoms with van der Waals surface area (Å²) in [6.07, 6.45) is 1.82. The molecular formula is C15H22N2O3. The third kappa shape index (κ3) is 3.71. The van der Waals surface area contributed by atoms with Crippen molar-refractivity contribution in [3.8, 4) is 5.75 Å². The van der Waals surface area contributed by atoms with Crippen molar-refractivity contribution in [2.75, 3.05) is 31.6 Å². The lowest BCUT2D eigenvalue weighted by atomic mass is 10.1. The second-order valence-corrected chi connectivity index (χ2v) is 4.92. The van der Waals surface area contributed by atoms with Crippen molar-refractivity contribution < 1.29 is 14.6 Å². The van der Waals surface area contributed by atoms with Gasteiger partial charge in [0.2, 0.25) is 0 Å². The van der Waals surface area contributed by atoms with Gasteiger partial charge in [0.05, 0.1) is 18.8 Å². The van der Waals surface area contributed by atoms with Crippen LogP contribution in [0.5, 0.6) is 5.75 Å². The van der Waals surface area contributed by atoms with E-state index in [4.69, 9.17) is 9.84 Å². The van der Waals surface area contributed by atoms with Crippen LogP contribution in [0.4, 0.5) is 5.69 Å². The number of carbonyl (C=O) groups excluding carboxylic acids is 1. The Bertz CT molecular complexity index is 462. The largest absolute Gasteiger partial charge is 0.486 e. The predicted octanol–water partition coefficient (Wildman–Crippen LogP) is 1.42. The van der Waals surface area contributed by atoms with Crippen LogP contribution >= 0.6 is 0 Å². The number of hydrogen-bond acceptors (Lipinski definition) is 5. The number of hydrogen-bond donors (Lipinski definition) is 3. The number of aliphatic hydroxyl groups excluding tert-OH is 1. The molecule has 1 aromatic carbocycles. The number of Topliss-reactive ketones (excluding diaryl/α,β-unsaturated/α-hetero) is 1. The minimum Gasteiger partial charge on any atom is -0.486 e. The van der Waals surface area contributed by atoms with E-state index in [1.165, 1.54) is 0 Å². The number of ether oxygens (including phenoxy) is 1. The first kappa shape index (κ1) is 14.8. The van der Waals surface area contributed by atoms with Crippen molar-refractivity contribution in [2.24, 2.45) is 0 Å². The topological polar surface area (TPSA) is 70.6 Å². The highest BCUT2D eigenvalue weighted by Gasteiger charge is 2.18. The van der Waals surface area contributed by atoms with Crippen molar-refractivity contribution in [1.82, 2.24) is 5.32 Å². The maximum absolute atomic E-state index is 12.0. The molecule has 0 fully saturated rings. The quantitative estimate of drug-likeness (QED) is 0.520. The second kappa shape index (κ2) is 7.26. The van der Waals surface area contributed by atoms with Crippen LogP contribution in [0.1, 0.15) is 30.1 Å². The van der Waals surface area contributed by atoms with Crippen molar-refractivity contribution in [3.05, 3.63) is 23.8 Å². The molecule has 0 radical (unpaired) electrons. The number of ketones is 1. The minimum absolute atomic E-state index is 0.0464. The van der Waals surface area contributed by atoms with Crippen LogP contribution in [-0.2, 0) is 0 Å². The molecule has 3 N–H and O–H groups in total. The fourth-order valence-electron chi connectivity index (χ4n) is 2.13. The van der Waals surface area contributed by atoms with Gasteiger partial charge < -0.3 is 20.5 Å². The molecule has 110 valence electrons. The van der Waals surface area contributed by atoms with E-state index in [0.717, 1.165) is 24.4 Å². The Morgan fingerprint density at radius 1 is 1.55 bits per heavy atom. The molecule has 0 saturated carbocycles. The van der Waals surface area contributed by atoms with E-state index in [2.05, 4.69) is 17.6 Å². The monoisotopic (exact) mass is 278 g/mol. The average molecular weight is 278 g/mol. The van der Waals surface area contributed by atoms with Crippen molar-refractivity contribution in [1.29, 1.82) is 0 Å². The number of aliphatic hydroxyl groups is 1. The zero-order valence-corrected chi connectivity index (χ0v) is 11.8. The number of rotatable bonds is 7. The highest BCUT2D eigenvalue weighted by molar-refractivity contribution is 5.98. The summed E-state index contributed by atoms with van der Waals surface area (Å²) in [5, 5.41) is 15.0. The molecule has 20 heavy (non-hydrogen) atoms. The molecule has 0 amide bonds. The van der Waals surface area contributed by atoms with Gasteiger partial charge in [-0.1, -0.05) is 6.92 Å². The van der Waals surface area contributed by atoms with Crippen LogP contribution in [0.15, 0.2) is 18.2 Å². The summed E-state index contributed by atoms with van der Waals surface area (Å²) in [7, 11) is 0. The molecule has 5 nitrogen and oxygen atoms in total. The summed E-state index contributed by atoms with van der Waals surface area (Å²) in [5.74, 6) is 0.859. The van der Waals surface area contributed by atoms with Gasteiger partial charge in [-0.2, -0.15) is 0 Å². The van der Waals surface area contributed by atoms with Gasteiger partial charge in [0, 0.05) is 12.2 Å². The van der Waals surface area contributed by atoms with Crippen LogP contribution in [0, 0.1) is 0 Å². The number of benzene rings is 1. The van der Waals surface area contributed by atoms with Gasteiger partial charge in [0.1, 0.15) is 11.9 Å². The minimum atomic E-state index is 0.0464. The van der Waals surface area contributed by atoms with Crippen molar-refractivity contribution in [3.63, 3.8) is 0 Å². The molecule has 0 spiro atoms. The lowest BCUT2D eigenvalue weighted by molar-refractivity contribution is 0.0990. The fraction of sp³-hybridized carbons (Fsp3) is 0.533. The SMILES string of the molecule is CCC1CNc2cc(C(=O)CNCCCO)ccc2O1. The molecule has 0 aliphatic carbocycles. The molecule has 0 bridgehead atoms. The highest BCUT2D eigenvalue weighted by atomic mass is 16.5. The van der Waals surface area contributed by atoms with E-state index in [0.29, 0.717) is 18.5 Å². The molecule has 2 rings (SSSR count). The normalized spacial score (nSPS) is 17.0. The summed E-state index contributed by atoms with van der Waals surface area (Å²) in [6.45, 7) is 3.94. The molecular weight excluding hydrogens is 256 g/mol. The van der Waals surface area contributed by atoms with Crippen LogP contribution in [-0.4, -0.2) is 43.2 Å². The zero-order valence-electron chi connectivity index (χ0n) is 11.8. The first-order chi connectivity index (χ1) is 9.74. The second-order valence-electron chi connectivity index (χ2n) is 4.92. The Morgan fingerprint density at radius 2 is 2.40 bits per heavy atom. The van der Waals surface area contributed by atoms with E-state index in [-0.39, 0.29) is 25.0 Å². The molecule has 1 atom stereocenters. The van der Waals surface area contributed by atoms with Gasteiger partial charge in [-0.05, 0) is 37.6 Å². The van der Waals surface area contributed by atoms with Crippen LogP contribution in [0.2, 0.25) is 0 Å².